The minimum atomic E-state index is -3.74. The van der Waals surface area contributed by atoms with Crippen molar-refractivity contribution in [1.82, 2.24) is 4.31 Å². The SMILES string of the molecule is COC(=O)c1cc(COC(=O)C2CCN(S(=O)(=O)c3ccc4c(c3)OCCCO4)CC2)oc1C. The molecule has 0 radical (unpaired) electrons. The van der Waals surface area contributed by atoms with Crippen LogP contribution in [0.4, 0.5) is 0 Å². The van der Waals surface area contributed by atoms with Gasteiger partial charge < -0.3 is 23.4 Å². The first-order valence-corrected chi connectivity index (χ1v) is 12.5. The molecule has 0 saturated carbocycles. The highest BCUT2D eigenvalue weighted by molar-refractivity contribution is 7.89. The van der Waals surface area contributed by atoms with Crippen molar-refractivity contribution in [1.29, 1.82) is 0 Å². The number of carbonyl (C=O) groups excluding carboxylic acids is 2. The van der Waals surface area contributed by atoms with Gasteiger partial charge in [-0.25, -0.2) is 13.2 Å². The fourth-order valence-corrected chi connectivity index (χ4v) is 5.46. The molecular formula is C23H27NO9S. The summed E-state index contributed by atoms with van der Waals surface area (Å²) in [5.41, 5.74) is 0.279. The molecule has 0 unspecified atom stereocenters. The van der Waals surface area contributed by atoms with E-state index in [-0.39, 0.29) is 30.2 Å². The predicted molar refractivity (Wildman–Crippen MR) is 118 cm³/mol. The van der Waals surface area contributed by atoms with Crippen LogP contribution in [0.25, 0.3) is 0 Å². The second kappa shape index (κ2) is 10.1. The van der Waals surface area contributed by atoms with Gasteiger partial charge in [-0.1, -0.05) is 0 Å². The number of sulfonamides is 1. The summed E-state index contributed by atoms with van der Waals surface area (Å²) in [7, 11) is -2.46. The van der Waals surface area contributed by atoms with Crippen molar-refractivity contribution in [2.45, 2.75) is 37.7 Å². The predicted octanol–water partition coefficient (Wildman–Crippen LogP) is 2.68. The molecule has 1 aromatic heterocycles. The first kappa shape index (κ1) is 24.1. The van der Waals surface area contributed by atoms with E-state index in [1.54, 1.807) is 13.0 Å². The monoisotopic (exact) mass is 493 g/mol. The highest BCUT2D eigenvalue weighted by atomic mass is 32.2. The van der Waals surface area contributed by atoms with Gasteiger partial charge in [-0.2, -0.15) is 4.31 Å². The standard InChI is InChI=1S/C23H27NO9S/c1-15-19(23(26)29-2)12-17(33-15)14-32-22(25)16-6-8-24(9-7-16)34(27,28)18-4-5-20-21(13-18)31-11-3-10-30-20/h4-5,12-13,16H,3,6-11,14H2,1-2H3. The number of carbonyl (C=O) groups is 2. The van der Waals surface area contributed by atoms with E-state index in [0.717, 1.165) is 6.42 Å². The van der Waals surface area contributed by atoms with Crippen LogP contribution in [0.1, 0.15) is 41.1 Å². The van der Waals surface area contributed by atoms with Gasteiger partial charge in [-0.15, -0.1) is 0 Å². The Bertz CT molecular complexity index is 1160. The molecule has 0 bridgehead atoms. The second-order valence-electron chi connectivity index (χ2n) is 8.12. The average molecular weight is 494 g/mol. The highest BCUT2D eigenvalue weighted by Crippen LogP contribution is 2.34. The Morgan fingerprint density at radius 1 is 1.09 bits per heavy atom. The molecule has 2 aromatic rings. The number of fused-ring (bicyclic) bond motifs is 1. The third-order valence-corrected chi connectivity index (χ3v) is 7.77. The van der Waals surface area contributed by atoms with E-state index in [0.29, 0.717) is 49.1 Å². The Morgan fingerprint density at radius 2 is 1.79 bits per heavy atom. The zero-order valence-corrected chi connectivity index (χ0v) is 19.9. The Morgan fingerprint density at radius 3 is 2.50 bits per heavy atom. The van der Waals surface area contributed by atoms with Crippen LogP contribution in [0, 0.1) is 12.8 Å². The highest BCUT2D eigenvalue weighted by Gasteiger charge is 2.33. The zero-order valence-electron chi connectivity index (χ0n) is 19.1. The Kier molecular flexibility index (Phi) is 7.13. The van der Waals surface area contributed by atoms with Crippen molar-refractivity contribution in [2.75, 3.05) is 33.4 Å². The maximum atomic E-state index is 13.1. The molecule has 34 heavy (non-hydrogen) atoms. The normalized spacial score (nSPS) is 17.1. The Labute approximate surface area is 197 Å². The molecular weight excluding hydrogens is 466 g/mol. The smallest absolute Gasteiger partial charge is 0.341 e. The molecule has 4 rings (SSSR count). The quantitative estimate of drug-likeness (QED) is 0.559. The molecule has 10 nitrogen and oxygen atoms in total. The minimum Gasteiger partial charge on any atom is -0.490 e. The molecule has 184 valence electrons. The number of hydrogen-bond acceptors (Lipinski definition) is 9. The van der Waals surface area contributed by atoms with E-state index in [1.165, 1.54) is 29.6 Å². The molecule has 0 atom stereocenters. The summed E-state index contributed by atoms with van der Waals surface area (Å²) in [5, 5.41) is 0. The van der Waals surface area contributed by atoms with Gasteiger partial charge in [0.1, 0.15) is 23.7 Å². The van der Waals surface area contributed by atoms with Gasteiger partial charge in [0, 0.05) is 25.6 Å². The summed E-state index contributed by atoms with van der Waals surface area (Å²) in [5.74, 6) is 0.282. The van der Waals surface area contributed by atoms with Crippen molar-refractivity contribution < 1.29 is 41.4 Å². The number of rotatable bonds is 6. The number of ether oxygens (including phenoxy) is 4. The van der Waals surface area contributed by atoms with Crippen molar-refractivity contribution in [3.8, 4) is 11.5 Å². The van der Waals surface area contributed by atoms with Crippen LogP contribution < -0.4 is 9.47 Å². The van der Waals surface area contributed by atoms with Gasteiger partial charge >= 0.3 is 11.9 Å². The Hall–Kier alpha value is -3.05. The molecule has 0 amide bonds. The number of aryl methyl sites for hydroxylation is 1. The van der Waals surface area contributed by atoms with Crippen LogP contribution in [0.2, 0.25) is 0 Å². The van der Waals surface area contributed by atoms with Crippen molar-refractivity contribution in [3.05, 3.63) is 41.3 Å². The molecule has 1 aromatic carbocycles. The van der Waals surface area contributed by atoms with Crippen LogP contribution in [0.3, 0.4) is 0 Å². The van der Waals surface area contributed by atoms with Crippen molar-refractivity contribution in [2.24, 2.45) is 5.92 Å². The minimum absolute atomic E-state index is 0.119. The van der Waals surface area contributed by atoms with E-state index < -0.39 is 27.9 Å². The lowest BCUT2D eigenvalue weighted by molar-refractivity contribution is -0.151. The van der Waals surface area contributed by atoms with Crippen molar-refractivity contribution >= 4 is 22.0 Å². The van der Waals surface area contributed by atoms with Gasteiger partial charge in [0.25, 0.3) is 0 Å². The lowest BCUT2D eigenvalue weighted by atomic mass is 9.98. The number of furan rings is 1. The summed E-state index contributed by atoms with van der Waals surface area (Å²) < 4.78 is 54.3. The molecule has 0 aliphatic carbocycles. The van der Waals surface area contributed by atoms with Gasteiger partial charge in [-0.3, -0.25) is 4.79 Å². The lowest BCUT2D eigenvalue weighted by Crippen LogP contribution is -2.40. The first-order chi connectivity index (χ1) is 16.3. The maximum absolute atomic E-state index is 13.1. The lowest BCUT2D eigenvalue weighted by Gasteiger charge is -2.30. The van der Waals surface area contributed by atoms with Gasteiger partial charge in [0.05, 0.1) is 31.1 Å². The number of piperidine rings is 1. The zero-order chi connectivity index (χ0) is 24.3. The van der Waals surface area contributed by atoms with Crippen LogP contribution in [0.5, 0.6) is 11.5 Å². The summed E-state index contributed by atoms with van der Waals surface area (Å²) in [4.78, 5) is 24.3. The van der Waals surface area contributed by atoms with Crippen molar-refractivity contribution in [3.63, 3.8) is 0 Å². The molecule has 0 N–H and O–H groups in total. The number of benzene rings is 1. The van der Waals surface area contributed by atoms with Gasteiger partial charge in [0.2, 0.25) is 10.0 Å². The van der Waals surface area contributed by atoms with Gasteiger partial charge in [0.15, 0.2) is 11.5 Å². The first-order valence-electron chi connectivity index (χ1n) is 11.0. The number of nitrogens with zero attached hydrogens (tertiary/aromatic N) is 1. The molecule has 1 fully saturated rings. The fraction of sp³-hybridized carbons (Fsp3) is 0.478. The molecule has 2 aliphatic rings. The van der Waals surface area contributed by atoms with Gasteiger partial charge in [-0.05, 0) is 38.0 Å². The summed E-state index contributed by atoms with van der Waals surface area (Å²) in [6.07, 6.45) is 1.41. The molecule has 11 heteroatoms. The fourth-order valence-electron chi connectivity index (χ4n) is 3.97. The van der Waals surface area contributed by atoms with E-state index in [2.05, 4.69) is 4.74 Å². The number of methoxy groups -OCH3 is 1. The largest absolute Gasteiger partial charge is 0.490 e. The number of esters is 2. The topological polar surface area (TPSA) is 122 Å². The molecule has 1 saturated heterocycles. The summed E-state index contributed by atoms with van der Waals surface area (Å²) >= 11 is 0. The molecule has 3 heterocycles. The van der Waals surface area contributed by atoms with E-state index in [4.69, 9.17) is 18.6 Å². The third kappa shape index (κ3) is 5.05. The Balaban J connectivity index is 1.33. The van der Waals surface area contributed by atoms with E-state index in [9.17, 15) is 18.0 Å². The molecule has 0 spiro atoms. The second-order valence-corrected chi connectivity index (χ2v) is 10.1. The van der Waals surface area contributed by atoms with E-state index in [1.807, 2.05) is 0 Å². The number of hydrogen-bond donors (Lipinski definition) is 0. The summed E-state index contributed by atoms with van der Waals surface area (Å²) in [6, 6.07) is 6.10. The van der Waals surface area contributed by atoms with Crippen LogP contribution in [0.15, 0.2) is 33.6 Å². The molecule has 2 aliphatic heterocycles. The van der Waals surface area contributed by atoms with Crippen LogP contribution >= 0.6 is 0 Å². The van der Waals surface area contributed by atoms with Crippen LogP contribution in [-0.2, 0) is 30.9 Å². The third-order valence-electron chi connectivity index (χ3n) is 5.87. The average Bonchev–Trinajstić information content (AvgIpc) is 3.06. The van der Waals surface area contributed by atoms with E-state index >= 15 is 0 Å². The maximum Gasteiger partial charge on any atom is 0.341 e. The summed E-state index contributed by atoms with van der Waals surface area (Å²) in [6.45, 7) is 2.88. The van der Waals surface area contributed by atoms with Crippen LogP contribution in [-0.4, -0.2) is 58.1 Å².